The second-order valence-corrected chi connectivity index (χ2v) is 10.6. The Labute approximate surface area is 199 Å². The van der Waals surface area contributed by atoms with Gasteiger partial charge in [0.15, 0.2) is 0 Å². The second kappa shape index (κ2) is 8.60. The van der Waals surface area contributed by atoms with Crippen molar-refractivity contribution in [2.24, 2.45) is 0 Å². The molecule has 1 aromatic carbocycles. The molecule has 3 heterocycles. The molecule has 172 valence electrons. The van der Waals surface area contributed by atoms with Crippen LogP contribution in [0.25, 0.3) is 10.2 Å². The lowest BCUT2D eigenvalue weighted by Crippen LogP contribution is -2.50. The number of piperazine rings is 1. The Balaban J connectivity index is 1.22. The van der Waals surface area contributed by atoms with Gasteiger partial charge < -0.3 is 15.1 Å². The number of rotatable bonds is 4. The van der Waals surface area contributed by atoms with Crippen LogP contribution < -0.4 is 10.2 Å². The zero-order chi connectivity index (χ0) is 22.4. The third kappa shape index (κ3) is 4.07. The number of hydrogen-bond acceptors (Lipinski definition) is 5. The number of fused-ring (bicyclic) bond motifs is 3. The zero-order valence-electron chi connectivity index (χ0n) is 19.3. The summed E-state index contributed by atoms with van der Waals surface area (Å²) >= 11 is 1.89. The third-order valence-corrected chi connectivity index (χ3v) is 8.39. The van der Waals surface area contributed by atoms with Crippen molar-refractivity contribution < 1.29 is 4.79 Å². The monoisotopic (exact) mass is 461 g/mol. The van der Waals surface area contributed by atoms with Gasteiger partial charge in [0.05, 0.1) is 5.39 Å². The number of hydrogen-bond donors (Lipinski definition) is 1. The molecule has 1 N–H and O–H groups in total. The van der Waals surface area contributed by atoms with Crippen LogP contribution in [0.5, 0.6) is 0 Å². The lowest BCUT2D eigenvalue weighted by Gasteiger charge is -2.36. The molecule has 2 amide bonds. The summed E-state index contributed by atoms with van der Waals surface area (Å²) in [6.07, 6.45) is 8.26. The van der Waals surface area contributed by atoms with E-state index in [4.69, 9.17) is 9.97 Å². The number of urea groups is 1. The first kappa shape index (κ1) is 20.9. The number of nitrogens with zero attached hydrogens (tertiary/aromatic N) is 4. The summed E-state index contributed by atoms with van der Waals surface area (Å²) < 4.78 is 0. The van der Waals surface area contributed by atoms with Gasteiger partial charge in [-0.15, -0.1) is 11.3 Å². The molecule has 2 aliphatic carbocycles. The smallest absolute Gasteiger partial charge is 0.321 e. The molecule has 3 aliphatic rings. The SMILES string of the molecule is CCc1cccc(NC(=O)N2CCN(c3nc(C4CC4)nc4sc5c(c34)CCCC5)CC2)c1. The van der Waals surface area contributed by atoms with E-state index in [2.05, 4.69) is 29.3 Å². The Kier molecular flexibility index (Phi) is 5.45. The Morgan fingerprint density at radius 2 is 1.94 bits per heavy atom. The molecule has 0 unspecified atom stereocenters. The maximum absolute atomic E-state index is 12.9. The van der Waals surface area contributed by atoms with Crippen LogP contribution >= 0.6 is 11.3 Å². The van der Waals surface area contributed by atoms with Gasteiger partial charge in [-0.1, -0.05) is 19.1 Å². The number of benzene rings is 1. The van der Waals surface area contributed by atoms with Gasteiger partial charge >= 0.3 is 6.03 Å². The van der Waals surface area contributed by atoms with E-state index in [-0.39, 0.29) is 6.03 Å². The van der Waals surface area contributed by atoms with Crippen LogP contribution in [0, 0.1) is 0 Å². The highest BCUT2D eigenvalue weighted by Crippen LogP contribution is 2.44. The number of thiophene rings is 1. The highest BCUT2D eigenvalue weighted by molar-refractivity contribution is 7.19. The predicted molar refractivity (Wildman–Crippen MR) is 135 cm³/mol. The molecule has 1 aliphatic heterocycles. The molecule has 1 saturated carbocycles. The van der Waals surface area contributed by atoms with E-state index >= 15 is 0 Å². The van der Waals surface area contributed by atoms with Crippen LogP contribution in [0.2, 0.25) is 0 Å². The molecule has 6 nitrogen and oxygen atoms in total. The first-order valence-electron chi connectivity index (χ1n) is 12.4. The quantitative estimate of drug-likeness (QED) is 0.568. The van der Waals surface area contributed by atoms with Gasteiger partial charge in [0.1, 0.15) is 16.5 Å². The number of aromatic nitrogens is 2. The maximum atomic E-state index is 12.9. The molecular formula is C26H31N5OS. The average molecular weight is 462 g/mol. The molecule has 0 bridgehead atoms. The van der Waals surface area contributed by atoms with E-state index in [1.807, 2.05) is 28.4 Å². The van der Waals surface area contributed by atoms with Gasteiger partial charge in [-0.05, 0) is 68.2 Å². The number of carbonyl (C=O) groups is 1. The van der Waals surface area contributed by atoms with Gasteiger partial charge in [0.2, 0.25) is 0 Å². The standard InChI is InChI=1S/C26H31N5OS/c1-2-17-6-5-7-19(16-17)27-26(32)31-14-12-30(13-15-31)24-22-20-8-3-4-9-21(20)33-25(22)29-23(28-24)18-10-11-18/h5-7,16,18H,2-4,8-15H2,1H3,(H,27,32). The lowest BCUT2D eigenvalue weighted by atomic mass is 9.97. The van der Waals surface area contributed by atoms with E-state index in [1.54, 1.807) is 0 Å². The minimum atomic E-state index is -0.0117. The van der Waals surface area contributed by atoms with E-state index < -0.39 is 0 Å². The van der Waals surface area contributed by atoms with Crippen molar-refractivity contribution in [3.8, 4) is 0 Å². The van der Waals surface area contributed by atoms with Crippen LogP contribution in [-0.4, -0.2) is 47.1 Å². The van der Waals surface area contributed by atoms with Gasteiger partial charge in [0.25, 0.3) is 0 Å². The Bertz CT molecular complexity index is 1190. The maximum Gasteiger partial charge on any atom is 0.321 e. The van der Waals surface area contributed by atoms with Crippen molar-refractivity contribution in [2.45, 2.75) is 57.8 Å². The van der Waals surface area contributed by atoms with Crippen molar-refractivity contribution in [1.29, 1.82) is 0 Å². The summed E-state index contributed by atoms with van der Waals surface area (Å²) in [6.45, 7) is 5.15. The van der Waals surface area contributed by atoms with E-state index in [1.165, 1.54) is 58.3 Å². The molecule has 6 rings (SSSR count). The summed E-state index contributed by atoms with van der Waals surface area (Å²) in [5.74, 6) is 2.70. The van der Waals surface area contributed by atoms with Crippen molar-refractivity contribution in [3.63, 3.8) is 0 Å². The molecule has 3 aromatic rings. The molecule has 0 radical (unpaired) electrons. The summed E-state index contributed by atoms with van der Waals surface area (Å²) in [7, 11) is 0. The van der Waals surface area contributed by atoms with Gasteiger partial charge in [0, 0.05) is 42.7 Å². The fraction of sp³-hybridized carbons (Fsp3) is 0.500. The van der Waals surface area contributed by atoms with Crippen LogP contribution in [-0.2, 0) is 19.3 Å². The van der Waals surface area contributed by atoms with Gasteiger partial charge in [-0.3, -0.25) is 0 Å². The molecule has 0 spiro atoms. The van der Waals surface area contributed by atoms with Gasteiger partial charge in [-0.25, -0.2) is 14.8 Å². The minimum absolute atomic E-state index is 0.0117. The highest BCUT2D eigenvalue weighted by Gasteiger charge is 2.32. The minimum Gasteiger partial charge on any atom is -0.352 e. The summed E-state index contributed by atoms with van der Waals surface area (Å²) in [5, 5.41) is 4.38. The summed E-state index contributed by atoms with van der Waals surface area (Å²) in [6, 6.07) is 8.11. The largest absolute Gasteiger partial charge is 0.352 e. The molecule has 0 atom stereocenters. The van der Waals surface area contributed by atoms with Crippen LogP contribution in [0.15, 0.2) is 24.3 Å². The number of carbonyl (C=O) groups excluding carboxylic acids is 1. The predicted octanol–water partition coefficient (Wildman–Crippen LogP) is 5.36. The van der Waals surface area contributed by atoms with E-state index in [0.717, 1.165) is 43.3 Å². The fourth-order valence-electron chi connectivity index (χ4n) is 5.10. The van der Waals surface area contributed by atoms with E-state index in [9.17, 15) is 4.79 Å². The molecule has 7 heteroatoms. The van der Waals surface area contributed by atoms with Gasteiger partial charge in [-0.2, -0.15) is 0 Å². The van der Waals surface area contributed by atoms with Crippen molar-refractivity contribution >= 4 is 39.1 Å². The van der Waals surface area contributed by atoms with Crippen LogP contribution in [0.3, 0.4) is 0 Å². The number of aryl methyl sites for hydroxylation is 3. The molecule has 2 aromatic heterocycles. The number of nitrogens with one attached hydrogen (secondary N) is 1. The topological polar surface area (TPSA) is 61.4 Å². The Morgan fingerprint density at radius 1 is 1.12 bits per heavy atom. The highest BCUT2D eigenvalue weighted by atomic mass is 32.1. The first-order chi connectivity index (χ1) is 16.2. The molecule has 1 saturated heterocycles. The second-order valence-electron chi connectivity index (χ2n) is 9.53. The molecular weight excluding hydrogens is 430 g/mol. The van der Waals surface area contributed by atoms with E-state index in [0.29, 0.717) is 19.0 Å². The Morgan fingerprint density at radius 3 is 2.73 bits per heavy atom. The first-order valence-corrected chi connectivity index (χ1v) is 13.2. The molecule has 2 fully saturated rings. The summed E-state index contributed by atoms with van der Waals surface area (Å²) in [4.78, 5) is 30.1. The Hall–Kier alpha value is -2.67. The lowest BCUT2D eigenvalue weighted by molar-refractivity contribution is 0.208. The fourth-order valence-corrected chi connectivity index (χ4v) is 6.36. The van der Waals surface area contributed by atoms with Crippen molar-refractivity contribution in [3.05, 3.63) is 46.1 Å². The van der Waals surface area contributed by atoms with Crippen LogP contribution in [0.1, 0.15) is 60.4 Å². The number of anilines is 2. The third-order valence-electron chi connectivity index (χ3n) is 7.21. The van der Waals surface area contributed by atoms with Crippen molar-refractivity contribution in [1.82, 2.24) is 14.9 Å². The van der Waals surface area contributed by atoms with Crippen molar-refractivity contribution in [2.75, 3.05) is 36.4 Å². The number of amides is 2. The normalized spacial score (nSPS) is 18.5. The summed E-state index contributed by atoms with van der Waals surface area (Å²) in [5.41, 5.74) is 3.60. The van der Waals surface area contributed by atoms with Crippen LogP contribution in [0.4, 0.5) is 16.3 Å². The molecule has 33 heavy (non-hydrogen) atoms. The zero-order valence-corrected chi connectivity index (χ0v) is 20.1. The average Bonchev–Trinajstić information content (AvgIpc) is 3.64.